The minimum atomic E-state index is -1.05. The van der Waals surface area contributed by atoms with Gasteiger partial charge in [0, 0.05) is 25.3 Å². The Labute approximate surface area is 179 Å². The zero-order valence-electron chi connectivity index (χ0n) is 17.0. The lowest BCUT2D eigenvalue weighted by Gasteiger charge is -2.37. The average Bonchev–Trinajstić information content (AvgIpc) is 3.32. The third-order valence-corrected chi connectivity index (χ3v) is 5.88. The third-order valence-electron chi connectivity index (χ3n) is 5.31. The molecule has 0 radical (unpaired) electrons. The molecule has 1 aromatic carbocycles. The van der Waals surface area contributed by atoms with E-state index >= 15 is 0 Å². The van der Waals surface area contributed by atoms with E-state index in [0.717, 1.165) is 61.7 Å². The largest absolute Gasteiger partial charge is 0.476 e. The van der Waals surface area contributed by atoms with Gasteiger partial charge in [-0.25, -0.2) is 14.8 Å². The maximum atomic E-state index is 10.9. The van der Waals surface area contributed by atoms with Gasteiger partial charge >= 0.3 is 5.97 Å². The lowest BCUT2D eigenvalue weighted by atomic mass is 10.00. The van der Waals surface area contributed by atoms with Gasteiger partial charge in [-0.2, -0.15) is 11.8 Å². The number of hydrogen-bond acceptors (Lipinski definition) is 7. The van der Waals surface area contributed by atoms with Gasteiger partial charge in [-0.1, -0.05) is 12.1 Å². The second-order valence-electron chi connectivity index (χ2n) is 7.41. The number of likely N-dealkylation sites (tertiary alicyclic amines) is 1. The van der Waals surface area contributed by atoms with Crippen molar-refractivity contribution in [2.75, 3.05) is 38.2 Å². The first-order valence-electron chi connectivity index (χ1n) is 10.1. The number of carboxylic acids is 1. The molecule has 1 aliphatic rings. The van der Waals surface area contributed by atoms with Gasteiger partial charge in [0.1, 0.15) is 18.8 Å². The van der Waals surface area contributed by atoms with E-state index in [0.29, 0.717) is 12.6 Å². The van der Waals surface area contributed by atoms with Gasteiger partial charge in [0.2, 0.25) is 5.89 Å². The highest BCUT2D eigenvalue weighted by molar-refractivity contribution is 7.98. The number of carboxylic acid groups (broad SMARTS) is 1. The van der Waals surface area contributed by atoms with Crippen molar-refractivity contribution >= 4 is 28.8 Å². The van der Waals surface area contributed by atoms with Crippen LogP contribution in [0.5, 0.6) is 0 Å². The number of nitrogens with zero attached hydrogens (tertiary/aromatic N) is 4. The molecule has 9 heteroatoms. The van der Waals surface area contributed by atoms with E-state index < -0.39 is 5.97 Å². The lowest BCUT2D eigenvalue weighted by molar-refractivity contribution is 0.0690. The summed E-state index contributed by atoms with van der Waals surface area (Å²) in [6.07, 6.45) is 5.16. The summed E-state index contributed by atoms with van der Waals surface area (Å²) in [5.41, 5.74) is 2.09. The molecule has 0 unspecified atom stereocenters. The molecule has 8 nitrogen and oxygen atoms in total. The molecular formula is C21H26N4O4S. The number of hydrogen-bond donors (Lipinski definition) is 1. The third kappa shape index (κ3) is 4.69. The Morgan fingerprint density at radius 2 is 2.17 bits per heavy atom. The maximum absolute atomic E-state index is 10.9. The van der Waals surface area contributed by atoms with Gasteiger partial charge in [0.05, 0.1) is 23.6 Å². The Morgan fingerprint density at radius 1 is 1.33 bits per heavy atom. The van der Waals surface area contributed by atoms with Crippen LogP contribution < -0.4 is 0 Å². The van der Waals surface area contributed by atoms with Crippen LogP contribution in [-0.4, -0.2) is 68.8 Å². The van der Waals surface area contributed by atoms with Crippen LogP contribution in [-0.2, 0) is 17.9 Å². The molecule has 0 saturated carbocycles. The summed E-state index contributed by atoms with van der Waals surface area (Å²) >= 11 is 1.78. The SMILES string of the molecule is CSCCOCn1c(CCCN2CC(c3nc(C(=O)O)co3)C2)nc2ccccc21. The number of fused-ring (bicyclic) bond motifs is 1. The maximum Gasteiger partial charge on any atom is 0.357 e. The van der Waals surface area contributed by atoms with E-state index in [-0.39, 0.29) is 11.6 Å². The fourth-order valence-electron chi connectivity index (χ4n) is 3.70. The highest BCUT2D eigenvalue weighted by Gasteiger charge is 2.32. The Hall–Kier alpha value is -2.36. The van der Waals surface area contributed by atoms with Gasteiger partial charge < -0.3 is 23.7 Å². The standard InChI is InChI=1S/C21H26N4O4S/c1-30-10-9-28-14-25-18-6-3-2-5-16(18)22-19(25)7-4-8-24-11-15(12-24)20-23-17(13-29-20)21(26)27/h2-3,5-6,13,15H,4,7-12,14H2,1H3,(H,26,27). The first-order valence-corrected chi connectivity index (χ1v) is 11.5. The van der Waals surface area contributed by atoms with Gasteiger partial charge in [-0.15, -0.1) is 0 Å². The molecule has 2 aromatic heterocycles. The van der Waals surface area contributed by atoms with Crippen LogP contribution in [0.4, 0.5) is 0 Å². The topological polar surface area (TPSA) is 93.6 Å². The number of aromatic nitrogens is 3. The smallest absolute Gasteiger partial charge is 0.357 e. The molecular weight excluding hydrogens is 404 g/mol. The molecule has 0 atom stereocenters. The molecule has 1 fully saturated rings. The molecule has 30 heavy (non-hydrogen) atoms. The predicted molar refractivity (Wildman–Crippen MR) is 115 cm³/mol. The number of aromatic carboxylic acids is 1. The number of rotatable bonds is 11. The molecule has 0 amide bonds. The van der Waals surface area contributed by atoms with Gasteiger partial charge in [-0.05, 0) is 31.4 Å². The van der Waals surface area contributed by atoms with Crippen LogP contribution in [0.15, 0.2) is 34.9 Å². The van der Waals surface area contributed by atoms with E-state index in [1.807, 2.05) is 18.2 Å². The Bertz CT molecular complexity index is 996. The van der Waals surface area contributed by atoms with Gasteiger partial charge in [0.15, 0.2) is 5.69 Å². The fourth-order valence-corrected chi connectivity index (χ4v) is 3.99. The monoisotopic (exact) mass is 430 g/mol. The number of benzene rings is 1. The minimum Gasteiger partial charge on any atom is -0.476 e. The van der Waals surface area contributed by atoms with E-state index in [1.165, 1.54) is 6.26 Å². The predicted octanol–water partition coefficient (Wildman–Crippen LogP) is 3.09. The van der Waals surface area contributed by atoms with Crippen LogP contribution in [0.3, 0.4) is 0 Å². The van der Waals surface area contributed by atoms with Crippen molar-refractivity contribution in [3.8, 4) is 0 Å². The van der Waals surface area contributed by atoms with E-state index in [2.05, 4.69) is 26.8 Å². The average molecular weight is 431 g/mol. The first-order chi connectivity index (χ1) is 14.7. The van der Waals surface area contributed by atoms with Gasteiger partial charge in [0.25, 0.3) is 0 Å². The van der Waals surface area contributed by atoms with Crippen LogP contribution in [0.2, 0.25) is 0 Å². The summed E-state index contributed by atoms with van der Waals surface area (Å²) in [6.45, 7) is 3.89. The second-order valence-corrected chi connectivity index (χ2v) is 8.40. The van der Waals surface area contributed by atoms with E-state index in [1.54, 1.807) is 11.8 Å². The van der Waals surface area contributed by atoms with Crippen molar-refractivity contribution in [2.45, 2.75) is 25.5 Å². The van der Waals surface area contributed by atoms with Gasteiger partial charge in [-0.3, -0.25) is 0 Å². The van der Waals surface area contributed by atoms with Crippen LogP contribution in [0, 0.1) is 0 Å². The highest BCUT2D eigenvalue weighted by atomic mass is 32.2. The number of thioether (sulfide) groups is 1. The normalized spacial score (nSPS) is 15.0. The minimum absolute atomic E-state index is 0.0258. The van der Waals surface area contributed by atoms with Crippen molar-refractivity contribution in [3.05, 3.63) is 47.9 Å². The molecule has 0 spiro atoms. The summed E-state index contributed by atoms with van der Waals surface area (Å²) in [7, 11) is 0. The summed E-state index contributed by atoms with van der Waals surface area (Å²) in [5, 5.41) is 8.95. The zero-order chi connectivity index (χ0) is 20.9. The van der Waals surface area contributed by atoms with Crippen LogP contribution in [0.1, 0.15) is 34.5 Å². The van der Waals surface area contributed by atoms with E-state index in [9.17, 15) is 4.79 Å². The molecule has 3 aromatic rings. The Kier molecular flexibility index (Phi) is 6.71. The Balaban J connectivity index is 1.29. The number of ether oxygens (including phenoxy) is 1. The lowest BCUT2D eigenvalue weighted by Crippen LogP contribution is -2.45. The molecule has 1 saturated heterocycles. The van der Waals surface area contributed by atoms with Crippen molar-refractivity contribution in [1.29, 1.82) is 0 Å². The number of para-hydroxylation sites is 2. The second kappa shape index (κ2) is 9.63. The molecule has 0 bridgehead atoms. The number of carbonyl (C=O) groups is 1. The molecule has 4 rings (SSSR count). The molecule has 1 N–H and O–H groups in total. The summed E-state index contributed by atoms with van der Waals surface area (Å²) in [6, 6.07) is 8.17. The fraction of sp³-hybridized carbons (Fsp3) is 0.476. The Morgan fingerprint density at radius 3 is 2.93 bits per heavy atom. The summed E-state index contributed by atoms with van der Waals surface area (Å²) in [4.78, 5) is 22.1. The molecule has 3 heterocycles. The molecule has 1 aliphatic heterocycles. The van der Waals surface area contributed by atoms with Crippen LogP contribution >= 0.6 is 11.8 Å². The molecule has 160 valence electrons. The van der Waals surface area contributed by atoms with Crippen molar-refractivity contribution in [1.82, 2.24) is 19.4 Å². The highest BCUT2D eigenvalue weighted by Crippen LogP contribution is 2.27. The van der Waals surface area contributed by atoms with Crippen LogP contribution in [0.25, 0.3) is 11.0 Å². The molecule has 0 aliphatic carbocycles. The number of oxazole rings is 1. The van der Waals surface area contributed by atoms with E-state index in [4.69, 9.17) is 19.2 Å². The van der Waals surface area contributed by atoms with Crippen molar-refractivity contribution < 1.29 is 19.1 Å². The first kappa shape index (κ1) is 20.9. The number of imidazole rings is 1. The summed E-state index contributed by atoms with van der Waals surface area (Å²) in [5.74, 6) is 1.68. The van der Waals surface area contributed by atoms with Crippen molar-refractivity contribution in [3.63, 3.8) is 0 Å². The quantitative estimate of drug-likeness (QED) is 0.464. The number of aryl methyl sites for hydroxylation is 1. The zero-order valence-corrected chi connectivity index (χ0v) is 17.8. The van der Waals surface area contributed by atoms with Crippen molar-refractivity contribution in [2.24, 2.45) is 0 Å². The summed E-state index contributed by atoms with van der Waals surface area (Å²) < 4.78 is 13.3.